The van der Waals surface area contributed by atoms with Gasteiger partial charge >= 0.3 is 0 Å². The van der Waals surface area contributed by atoms with E-state index in [0.717, 1.165) is 71.2 Å². The molecule has 1 saturated heterocycles. The summed E-state index contributed by atoms with van der Waals surface area (Å²) in [6.07, 6.45) is 3.47. The fourth-order valence-electron chi connectivity index (χ4n) is 3.66. The third-order valence-corrected chi connectivity index (χ3v) is 5.35. The van der Waals surface area contributed by atoms with Gasteiger partial charge in [-0.15, -0.1) is 0 Å². The monoisotopic (exact) mass is 404 g/mol. The number of hydrogen-bond donors (Lipinski definition) is 2. The lowest BCUT2D eigenvalue weighted by Gasteiger charge is -2.31. The van der Waals surface area contributed by atoms with Crippen LogP contribution in [0.4, 0.5) is 0 Å². The zero-order valence-electron chi connectivity index (χ0n) is 18.7. The first kappa shape index (κ1) is 23.6. The summed E-state index contributed by atoms with van der Waals surface area (Å²) in [5.41, 5.74) is 2.55. The Kier molecular flexibility index (Phi) is 11.1. The third-order valence-electron chi connectivity index (χ3n) is 5.35. The van der Waals surface area contributed by atoms with Gasteiger partial charge in [0, 0.05) is 59.0 Å². The molecular formula is C23H40N4O2. The molecule has 1 aromatic carbocycles. The van der Waals surface area contributed by atoms with Crippen LogP contribution in [0.3, 0.4) is 0 Å². The van der Waals surface area contributed by atoms with Gasteiger partial charge in [-0.1, -0.05) is 29.8 Å². The number of ether oxygens (including phenoxy) is 2. The fraction of sp³-hybridized carbons (Fsp3) is 0.696. The van der Waals surface area contributed by atoms with Crippen molar-refractivity contribution in [2.45, 2.75) is 39.2 Å². The molecule has 2 atom stereocenters. The zero-order valence-corrected chi connectivity index (χ0v) is 18.7. The number of hydrogen-bond acceptors (Lipinski definition) is 4. The van der Waals surface area contributed by atoms with Crippen molar-refractivity contribution in [3.8, 4) is 0 Å². The Bertz CT molecular complexity index is 591. The van der Waals surface area contributed by atoms with Crippen molar-refractivity contribution in [1.29, 1.82) is 0 Å². The summed E-state index contributed by atoms with van der Waals surface area (Å²) in [7, 11) is 3.90. The minimum Gasteiger partial charge on any atom is -0.385 e. The Morgan fingerprint density at radius 1 is 1.24 bits per heavy atom. The Labute approximate surface area is 177 Å². The lowest BCUT2D eigenvalue weighted by molar-refractivity contribution is -0.0250. The van der Waals surface area contributed by atoms with Crippen LogP contribution < -0.4 is 10.6 Å². The van der Waals surface area contributed by atoms with Crippen LogP contribution in [-0.2, 0) is 9.47 Å². The first-order chi connectivity index (χ1) is 14.1. The molecular weight excluding hydrogens is 364 g/mol. The molecule has 1 aliphatic rings. The average Bonchev–Trinajstić information content (AvgIpc) is 2.73. The van der Waals surface area contributed by atoms with E-state index in [1.165, 1.54) is 11.1 Å². The Morgan fingerprint density at radius 2 is 2.03 bits per heavy atom. The second kappa shape index (κ2) is 13.6. The van der Waals surface area contributed by atoms with Crippen molar-refractivity contribution in [3.05, 3.63) is 35.4 Å². The number of rotatable bonds is 11. The van der Waals surface area contributed by atoms with Crippen LogP contribution in [0.5, 0.6) is 0 Å². The van der Waals surface area contributed by atoms with Gasteiger partial charge in [0.25, 0.3) is 0 Å². The molecule has 0 radical (unpaired) electrons. The topological polar surface area (TPSA) is 58.1 Å². The molecule has 1 fully saturated rings. The van der Waals surface area contributed by atoms with Crippen LogP contribution in [0, 0.1) is 12.8 Å². The lowest BCUT2D eigenvalue weighted by Crippen LogP contribution is -2.41. The average molecular weight is 405 g/mol. The van der Waals surface area contributed by atoms with Crippen molar-refractivity contribution >= 4 is 5.96 Å². The van der Waals surface area contributed by atoms with Crippen LogP contribution in [0.1, 0.15) is 43.4 Å². The molecule has 0 bridgehead atoms. The molecule has 0 saturated carbocycles. The van der Waals surface area contributed by atoms with Gasteiger partial charge in [0.05, 0.1) is 6.10 Å². The second-order valence-electron chi connectivity index (χ2n) is 7.90. The zero-order chi connectivity index (χ0) is 20.9. The molecule has 2 rings (SSSR count). The summed E-state index contributed by atoms with van der Waals surface area (Å²) in [5.74, 6) is 1.31. The van der Waals surface area contributed by atoms with Gasteiger partial charge in [-0.3, -0.25) is 4.99 Å². The summed E-state index contributed by atoms with van der Waals surface area (Å²) >= 11 is 0. The molecule has 0 spiro atoms. The van der Waals surface area contributed by atoms with Crippen molar-refractivity contribution in [1.82, 2.24) is 15.5 Å². The molecule has 1 heterocycles. The van der Waals surface area contributed by atoms with Gasteiger partial charge in [0.2, 0.25) is 0 Å². The fourth-order valence-corrected chi connectivity index (χ4v) is 3.66. The number of aliphatic imine (C=N–C) groups is 1. The Hall–Kier alpha value is -1.63. The van der Waals surface area contributed by atoms with E-state index in [0.29, 0.717) is 5.92 Å². The molecule has 2 unspecified atom stereocenters. The highest BCUT2D eigenvalue weighted by Gasteiger charge is 2.27. The van der Waals surface area contributed by atoms with Crippen molar-refractivity contribution < 1.29 is 9.47 Å². The summed E-state index contributed by atoms with van der Waals surface area (Å²) in [6, 6.07) is 8.74. The third kappa shape index (κ3) is 8.72. The highest BCUT2D eigenvalue weighted by atomic mass is 16.5. The van der Waals surface area contributed by atoms with E-state index in [4.69, 9.17) is 14.5 Å². The number of guanidine groups is 1. The molecule has 0 amide bonds. The molecule has 6 nitrogen and oxygen atoms in total. The molecule has 164 valence electrons. The summed E-state index contributed by atoms with van der Waals surface area (Å²) in [5, 5.41) is 6.84. The quantitative estimate of drug-likeness (QED) is 0.337. The number of methoxy groups -OCH3 is 1. The highest BCUT2D eigenvalue weighted by molar-refractivity contribution is 5.79. The predicted octanol–water partition coefficient (Wildman–Crippen LogP) is 2.99. The van der Waals surface area contributed by atoms with Gasteiger partial charge in [-0.05, 0) is 45.7 Å². The van der Waals surface area contributed by atoms with Crippen LogP contribution in [0.15, 0.2) is 29.3 Å². The van der Waals surface area contributed by atoms with Crippen LogP contribution >= 0.6 is 0 Å². The van der Waals surface area contributed by atoms with E-state index >= 15 is 0 Å². The summed E-state index contributed by atoms with van der Waals surface area (Å²) in [4.78, 5) is 7.20. The van der Waals surface area contributed by atoms with Crippen molar-refractivity contribution in [3.63, 3.8) is 0 Å². The minimum atomic E-state index is 0.142. The Morgan fingerprint density at radius 3 is 2.76 bits per heavy atom. The number of nitrogens with one attached hydrogen (secondary N) is 2. The van der Waals surface area contributed by atoms with Gasteiger partial charge in [-0.2, -0.15) is 0 Å². The van der Waals surface area contributed by atoms with E-state index in [9.17, 15) is 0 Å². The maximum absolute atomic E-state index is 6.14. The van der Waals surface area contributed by atoms with E-state index in [-0.39, 0.29) is 6.10 Å². The molecule has 29 heavy (non-hydrogen) atoms. The number of nitrogens with zero attached hydrogens (tertiary/aromatic N) is 2. The van der Waals surface area contributed by atoms with Crippen LogP contribution in [0.25, 0.3) is 0 Å². The maximum Gasteiger partial charge on any atom is 0.191 e. The summed E-state index contributed by atoms with van der Waals surface area (Å²) < 4.78 is 11.3. The van der Waals surface area contributed by atoms with Gasteiger partial charge < -0.3 is 25.0 Å². The van der Waals surface area contributed by atoms with Crippen LogP contribution in [-0.4, -0.2) is 71.0 Å². The maximum atomic E-state index is 6.14. The van der Waals surface area contributed by atoms with Crippen molar-refractivity contribution in [2.24, 2.45) is 10.9 Å². The first-order valence-electron chi connectivity index (χ1n) is 11.0. The number of likely N-dealkylation sites (N-methyl/N-ethyl adjacent to an activating group) is 1. The predicted molar refractivity (Wildman–Crippen MR) is 121 cm³/mol. The molecule has 6 heteroatoms. The van der Waals surface area contributed by atoms with Gasteiger partial charge in [0.15, 0.2) is 5.96 Å². The summed E-state index contributed by atoms with van der Waals surface area (Å²) in [6.45, 7) is 10.4. The standard InChI is InChI=1S/C23H40N4O2/c1-5-24-23(25-13-15-27(3)14-7-16-28-4)26-18-21-8-6-17-29-22(21)20-11-9-19(2)10-12-20/h9-12,21-22H,5-8,13-18H2,1-4H3,(H2,24,25,26). The number of aryl methyl sites for hydroxylation is 1. The lowest BCUT2D eigenvalue weighted by atomic mass is 9.89. The first-order valence-corrected chi connectivity index (χ1v) is 11.0. The molecule has 1 aliphatic heterocycles. The van der Waals surface area contributed by atoms with Crippen LogP contribution in [0.2, 0.25) is 0 Å². The minimum absolute atomic E-state index is 0.142. The molecule has 0 aliphatic carbocycles. The van der Waals surface area contributed by atoms with Gasteiger partial charge in [0.1, 0.15) is 0 Å². The molecule has 1 aromatic rings. The van der Waals surface area contributed by atoms with E-state index in [1.807, 2.05) is 0 Å². The van der Waals surface area contributed by atoms with E-state index in [1.54, 1.807) is 7.11 Å². The number of benzene rings is 1. The van der Waals surface area contributed by atoms with Crippen molar-refractivity contribution in [2.75, 3.05) is 60.1 Å². The second-order valence-corrected chi connectivity index (χ2v) is 7.90. The smallest absolute Gasteiger partial charge is 0.191 e. The SMILES string of the molecule is CCNC(=NCC1CCCOC1c1ccc(C)cc1)NCCN(C)CCCOC. The highest BCUT2D eigenvalue weighted by Crippen LogP contribution is 2.33. The largest absolute Gasteiger partial charge is 0.385 e. The van der Waals surface area contributed by atoms with E-state index < -0.39 is 0 Å². The Balaban J connectivity index is 1.87. The molecule has 0 aromatic heterocycles. The normalized spacial score (nSPS) is 20.1. The van der Waals surface area contributed by atoms with Gasteiger partial charge in [-0.25, -0.2) is 0 Å². The molecule has 2 N–H and O–H groups in total. The van der Waals surface area contributed by atoms with E-state index in [2.05, 4.69) is 60.7 Å².